The van der Waals surface area contributed by atoms with Gasteiger partial charge in [0, 0.05) is 31.1 Å². The maximum Gasteiger partial charge on any atom is 0.220 e. The number of hydrogen-bond acceptors (Lipinski definition) is 2. The van der Waals surface area contributed by atoms with Crippen molar-refractivity contribution < 1.29 is 4.79 Å². The van der Waals surface area contributed by atoms with Crippen LogP contribution in [0.15, 0.2) is 24.3 Å². The van der Waals surface area contributed by atoms with Gasteiger partial charge in [0.15, 0.2) is 0 Å². The molecule has 0 bridgehead atoms. The van der Waals surface area contributed by atoms with Gasteiger partial charge in [0.2, 0.25) is 5.91 Å². The first-order chi connectivity index (χ1) is 9.83. The Bertz CT molecular complexity index is 466. The molecule has 1 amide bonds. The van der Waals surface area contributed by atoms with Crippen molar-refractivity contribution in [1.82, 2.24) is 5.32 Å². The van der Waals surface area contributed by atoms with E-state index in [1.807, 2.05) is 6.07 Å². The van der Waals surface area contributed by atoms with Crippen LogP contribution < -0.4 is 10.6 Å². The first-order valence-electron chi connectivity index (χ1n) is 7.92. The van der Waals surface area contributed by atoms with Crippen LogP contribution in [0.3, 0.4) is 0 Å². The zero-order chi connectivity index (χ0) is 13.8. The summed E-state index contributed by atoms with van der Waals surface area (Å²) in [5, 5.41) is 6.52. The van der Waals surface area contributed by atoms with E-state index in [0.29, 0.717) is 18.3 Å². The molecule has 1 aromatic carbocycles. The third kappa shape index (κ3) is 3.14. The number of carbonyl (C=O) groups excluding carboxylic acids is 1. The van der Waals surface area contributed by atoms with Crippen molar-refractivity contribution in [2.75, 3.05) is 18.4 Å². The zero-order valence-corrected chi connectivity index (χ0v) is 12.0. The molecule has 3 rings (SSSR count). The molecule has 1 aromatic rings. The fourth-order valence-electron chi connectivity index (χ4n) is 3.48. The third-order valence-corrected chi connectivity index (χ3v) is 4.68. The maximum atomic E-state index is 12.1. The van der Waals surface area contributed by atoms with Gasteiger partial charge in [-0.25, -0.2) is 0 Å². The molecule has 0 saturated heterocycles. The van der Waals surface area contributed by atoms with E-state index in [2.05, 4.69) is 28.8 Å². The number of hydrogen-bond donors (Lipinski definition) is 2. The molecule has 108 valence electrons. The molecule has 0 spiro atoms. The Morgan fingerprint density at radius 2 is 2.00 bits per heavy atom. The number of anilines is 1. The minimum atomic E-state index is 0.207. The lowest BCUT2D eigenvalue weighted by atomic mass is 9.89. The second kappa shape index (κ2) is 6.29. The second-order valence-corrected chi connectivity index (χ2v) is 6.18. The van der Waals surface area contributed by atoms with Crippen LogP contribution in [0.5, 0.6) is 0 Å². The van der Waals surface area contributed by atoms with E-state index in [1.165, 1.54) is 43.4 Å². The number of amides is 1. The van der Waals surface area contributed by atoms with Crippen molar-refractivity contribution >= 4 is 11.6 Å². The number of carbonyl (C=O) groups is 1. The lowest BCUT2D eigenvalue weighted by Gasteiger charge is -2.22. The van der Waals surface area contributed by atoms with Gasteiger partial charge < -0.3 is 10.6 Å². The van der Waals surface area contributed by atoms with Crippen molar-refractivity contribution in [3.63, 3.8) is 0 Å². The molecule has 1 heterocycles. The van der Waals surface area contributed by atoms with E-state index >= 15 is 0 Å². The van der Waals surface area contributed by atoms with Crippen LogP contribution >= 0.6 is 0 Å². The number of rotatable bonds is 4. The summed E-state index contributed by atoms with van der Waals surface area (Å²) in [4.78, 5) is 12.1. The highest BCUT2D eigenvalue weighted by atomic mass is 16.1. The summed E-state index contributed by atoms with van der Waals surface area (Å²) in [5.41, 5.74) is 2.48. The average Bonchev–Trinajstić information content (AvgIpc) is 2.90. The second-order valence-electron chi connectivity index (χ2n) is 6.18. The molecule has 0 radical (unpaired) electrons. The predicted molar refractivity (Wildman–Crippen MR) is 81.9 cm³/mol. The number of nitrogens with one attached hydrogen (secondary N) is 2. The minimum absolute atomic E-state index is 0.207. The van der Waals surface area contributed by atoms with Gasteiger partial charge >= 0.3 is 0 Å². The van der Waals surface area contributed by atoms with Gasteiger partial charge in [-0.2, -0.15) is 0 Å². The van der Waals surface area contributed by atoms with Gasteiger partial charge in [-0.1, -0.05) is 37.5 Å². The van der Waals surface area contributed by atoms with Crippen molar-refractivity contribution in [3.05, 3.63) is 29.8 Å². The maximum absolute atomic E-state index is 12.1. The van der Waals surface area contributed by atoms with Crippen LogP contribution in [0, 0.1) is 5.92 Å². The molecule has 2 N–H and O–H groups in total. The number of para-hydroxylation sites is 1. The first kappa shape index (κ1) is 13.5. The zero-order valence-electron chi connectivity index (χ0n) is 12.0. The van der Waals surface area contributed by atoms with Crippen molar-refractivity contribution in [3.8, 4) is 0 Å². The van der Waals surface area contributed by atoms with E-state index in [1.54, 1.807) is 0 Å². The summed E-state index contributed by atoms with van der Waals surface area (Å²) in [6.45, 7) is 1.76. The first-order valence-corrected chi connectivity index (χ1v) is 7.92. The molecular formula is C17H24N2O. The minimum Gasteiger partial charge on any atom is -0.384 e. The van der Waals surface area contributed by atoms with Gasteiger partial charge in [0.1, 0.15) is 0 Å². The summed E-state index contributed by atoms with van der Waals surface area (Å²) in [7, 11) is 0. The molecule has 2 aliphatic rings. The van der Waals surface area contributed by atoms with Crippen molar-refractivity contribution in [2.24, 2.45) is 5.92 Å². The van der Waals surface area contributed by atoms with E-state index in [9.17, 15) is 4.79 Å². The summed E-state index contributed by atoms with van der Waals surface area (Å²) in [6, 6.07) is 8.32. The predicted octanol–water partition coefficient (Wildman–Crippen LogP) is 3.28. The summed E-state index contributed by atoms with van der Waals surface area (Å²) < 4.78 is 0. The number of fused-ring (bicyclic) bond motifs is 1. The van der Waals surface area contributed by atoms with Crippen LogP contribution in [0.1, 0.15) is 50.0 Å². The molecule has 1 fully saturated rings. The molecule has 1 aliphatic carbocycles. The van der Waals surface area contributed by atoms with Gasteiger partial charge in [0.05, 0.1) is 0 Å². The van der Waals surface area contributed by atoms with E-state index in [4.69, 9.17) is 0 Å². The lowest BCUT2D eigenvalue weighted by Crippen LogP contribution is -2.31. The Hall–Kier alpha value is -1.51. The quantitative estimate of drug-likeness (QED) is 0.883. The normalized spacial score (nSPS) is 22.1. The van der Waals surface area contributed by atoms with Crippen LogP contribution in [0.2, 0.25) is 0 Å². The summed E-state index contributed by atoms with van der Waals surface area (Å²) >= 11 is 0. The molecule has 1 unspecified atom stereocenters. The molecule has 1 atom stereocenters. The lowest BCUT2D eigenvalue weighted by molar-refractivity contribution is -0.121. The monoisotopic (exact) mass is 272 g/mol. The Morgan fingerprint density at radius 1 is 1.20 bits per heavy atom. The molecule has 1 saturated carbocycles. The Morgan fingerprint density at radius 3 is 2.85 bits per heavy atom. The SMILES string of the molecule is O=C(CC1CNc2ccccc21)NCC1CCCCC1. The van der Waals surface area contributed by atoms with Gasteiger partial charge in [-0.05, 0) is 30.4 Å². The smallest absolute Gasteiger partial charge is 0.220 e. The molecule has 3 nitrogen and oxygen atoms in total. The highest BCUT2D eigenvalue weighted by molar-refractivity contribution is 5.78. The van der Waals surface area contributed by atoms with Crippen LogP contribution in [0.25, 0.3) is 0 Å². The highest BCUT2D eigenvalue weighted by Gasteiger charge is 2.24. The Kier molecular flexibility index (Phi) is 4.24. The van der Waals surface area contributed by atoms with E-state index in [-0.39, 0.29) is 5.91 Å². The van der Waals surface area contributed by atoms with Gasteiger partial charge in [-0.15, -0.1) is 0 Å². The fourth-order valence-corrected chi connectivity index (χ4v) is 3.48. The van der Waals surface area contributed by atoms with Crippen molar-refractivity contribution in [2.45, 2.75) is 44.4 Å². The van der Waals surface area contributed by atoms with Crippen LogP contribution in [-0.2, 0) is 4.79 Å². The molecule has 3 heteroatoms. The molecule has 0 aromatic heterocycles. The molecule has 20 heavy (non-hydrogen) atoms. The topological polar surface area (TPSA) is 41.1 Å². The van der Waals surface area contributed by atoms with Crippen molar-refractivity contribution in [1.29, 1.82) is 0 Å². The summed E-state index contributed by atoms with van der Waals surface area (Å²) in [6.07, 6.45) is 7.22. The van der Waals surface area contributed by atoms with Gasteiger partial charge in [-0.3, -0.25) is 4.79 Å². The standard InChI is InChI=1S/C17H24N2O/c20-17(19-11-13-6-2-1-3-7-13)10-14-12-18-16-9-5-4-8-15(14)16/h4-5,8-9,13-14,18H,1-3,6-7,10-12H2,(H,19,20). The van der Waals surface area contributed by atoms with Gasteiger partial charge in [0.25, 0.3) is 0 Å². The van der Waals surface area contributed by atoms with Crippen LogP contribution in [-0.4, -0.2) is 19.0 Å². The fraction of sp³-hybridized carbons (Fsp3) is 0.588. The average molecular weight is 272 g/mol. The van der Waals surface area contributed by atoms with E-state index < -0.39 is 0 Å². The third-order valence-electron chi connectivity index (χ3n) is 4.68. The summed E-state index contributed by atoms with van der Waals surface area (Å²) in [5.74, 6) is 1.25. The number of benzene rings is 1. The Balaban J connectivity index is 1.47. The largest absolute Gasteiger partial charge is 0.384 e. The molecular weight excluding hydrogens is 248 g/mol. The highest BCUT2D eigenvalue weighted by Crippen LogP contribution is 2.33. The molecule has 1 aliphatic heterocycles. The van der Waals surface area contributed by atoms with Crippen LogP contribution in [0.4, 0.5) is 5.69 Å². The van der Waals surface area contributed by atoms with E-state index in [0.717, 1.165) is 13.1 Å². The Labute approximate surface area is 121 Å².